The quantitative estimate of drug-likeness (QED) is 0.779. The maximum absolute atomic E-state index is 13.7. The molecule has 1 N–H and O–H groups in total. The van der Waals surface area contributed by atoms with E-state index in [0.29, 0.717) is 5.95 Å². The second-order valence-electron chi connectivity index (χ2n) is 7.08. The molecule has 134 valence electrons. The number of halogens is 1. The van der Waals surface area contributed by atoms with Crippen molar-refractivity contribution in [2.45, 2.75) is 38.8 Å². The smallest absolute Gasteiger partial charge is 0.222 e. The third kappa shape index (κ3) is 3.42. The molecule has 6 nitrogen and oxygen atoms in total. The van der Waals surface area contributed by atoms with Crippen LogP contribution in [0.25, 0.3) is 11.2 Å². The van der Waals surface area contributed by atoms with E-state index in [9.17, 15) is 4.39 Å². The van der Waals surface area contributed by atoms with Gasteiger partial charge in [-0.3, -0.25) is 0 Å². The molecule has 0 unspecified atom stereocenters. The predicted octanol–water partition coefficient (Wildman–Crippen LogP) is 3.45. The zero-order valence-electron chi connectivity index (χ0n) is 14.9. The second-order valence-corrected chi connectivity index (χ2v) is 7.08. The second kappa shape index (κ2) is 6.48. The SMILES string of the molecule is CC(C)(F)CNc1ncc2c(n1)CCCC=C2c1ccc2nccn2n1. The molecule has 0 atom stereocenters. The Labute approximate surface area is 151 Å². The number of anilines is 1. The van der Waals surface area contributed by atoms with Gasteiger partial charge >= 0.3 is 0 Å². The van der Waals surface area contributed by atoms with Crippen LogP contribution in [0.4, 0.5) is 10.3 Å². The van der Waals surface area contributed by atoms with Crippen molar-refractivity contribution < 1.29 is 4.39 Å². The van der Waals surface area contributed by atoms with Gasteiger partial charge in [0, 0.05) is 29.7 Å². The van der Waals surface area contributed by atoms with E-state index in [-0.39, 0.29) is 6.54 Å². The Hall–Kier alpha value is -2.83. The molecule has 0 saturated carbocycles. The maximum Gasteiger partial charge on any atom is 0.222 e. The van der Waals surface area contributed by atoms with Crippen molar-refractivity contribution in [1.82, 2.24) is 24.6 Å². The van der Waals surface area contributed by atoms with Crippen LogP contribution in [0.2, 0.25) is 0 Å². The standard InChI is InChI=1S/C19H21FN6/c1-19(2,20)12-23-18-22-11-14-13(5-3-4-6-15(14)24-18)16-7-8-17-21-9-10-26(17)25-16/h5,7-11H,3-4,6,12H2,1-2H3,(H,22,23,24). The number of fused-ring (bicyclic) bond motifs is 2. The van der Waals surface area contributed by atoms with Crippen molar-refractivity contribution in [1.29, 1.82) is 0 Å². The number of rotatable bonds is 4. The normalized spacial score (nSPS) is 14.7. The highest BCUT2D eigenvalue weighted by molar-refractivity contribution is 5.79. The Morgan fingerprint density at radius 3 is 3.00 bits per heavy atom. The number of hydrogen-bond acceptors (Lipinski definition) is 5. The number of nitrogens with one attached hydrogen (secondary N) is 1. The summed E-state index contributed by atoms with van der Waals surface area (Å²) in [6, 6.07) is 3.93. The number of aryl methyl sites for hydroxylation is 1. The third-order valence-electron chi connectivity index (χ3n) is 4.32. The van der Waals surface area contributed by atoms with Crippen LogP contribution in [0.5, 0.6) is 0 Å². The first-order valence-electron chi connectivity index (χ1n) is 8.80. The molecule has 26 heavy (non-hydrogen) atoms. The van der Waals surface area contributed by atoms with Crippen LogP contribution in [-0.2, 0) is 6.42 Å². The Kier molecular flexibility index (Phi) is 4.14. The van der Waals surface area contributed by atoms with Crippen LogP contribution >= 0.6 is 0 Å². The average molecular weight is 352 g/mol. The minimum Gasteiger partial charge on any atom is -0.351 e. The van der Waals surface area contributed by atoms with E-state index in [1.165, 1.54) is 13.8 Å². The summed E-state index contributed by atoms with van der Waals surface area (Å²) < 4.78 is 15.5. The van der Waals surface area contributed by atoms with E-state index in [1.807, 2.05) is 24.5 Å². The molecule has 0 amide bonds. The molecule has 0 fully saturated rings. The van der Waals surface area contributed by atoms with Crippen LogP contribution in [0.15, 0.2) is 36.8 Å². The van der Waals surface area contributed by atoms with Gasteiger partial charge in [0.2, 0.25) is 5.95 Å². The van der Waals surface area contributed by atoms with Gasteiger partial charge in [-0.15, -0.1) is 0 Å². The topological polar surface area (TPSA) is 68.0 Å². The number of aromatic nitrogens is 5. The molecule has 1 aliphatic rings. The van der Waals surface area contributed by atoms with Crippen LogP contribution in [0.3, 0.4) is 0 Å². The summed E-state index contributed by atoms with van der Waals surface area (Å²) in [6.45, 7) is 3.23. The van der Waals surface area contributed by atoms with Crippen LogP contribution in [0.1, 0.15) is 43.6 Å². The van der Waals surface area contributed by atoms with Crippen molar-refractivity contribution in [2.24, 2.45) is 0 Å². The molecule has 0 aromatic carbocycles. The molecule has 3 heterocycles. The van der Waals surface area contributed by atoms with Crippen LogP contribution in [-0.4, -0.2) is 36.8 Å². The molecule has 0 radical (unpaired) electrons. The average Bonchev–Trinajstić information content (AvgIpc) is 2.97. The van der Waals surface area contributed by atoms with Crippen molar-refractivity contribution >= 4 is 17.2 Å². The Balaban J connectivity index is 1.69. The maximum atomic E-state index is 13.7. The molecule has 3 aromatic rings. The molecule has 3 aromatic heterocycles. The Morgan fingerprint density at radius 2 is 2.15 bits per heavy atom. The molecule has 4 rings (SSSR count). The number of imidazole rings is 1. The molecule has 7 heteroatoms. The summed E-state index contributed by atoms with van der Waals surface area (Å²) in [5.41, 5.74) is 3.35. The minimum absolute atomic E-state index is 0.174. The monoisotopic (exact) mass is 352 g/mol. The first kappa shape index (κ1) is 16.6. The lowest BCUT2D eigenvalue weighted by Crippen LogP contribution is -2.25. The summed E-state index contributed by atoms with van der Waals surface area (Å²) in [5, 5.41) is 7.64. The first-order chi connectivity index (χ1) is 12.5. The molecule has 0 bridgehead atoms. The zero-order chi connectivity index (χ0) is 18.1. The van der Waals surface area contributed by atoms with Crippen molar-refractivity contribution in [2.75, 3.05) is 11.9 Å². The van der Waals surface area contributed by atoms with Gasteiger partial charge in [-0.25, -0.2) is 23.9 Å². The van der Waals surface area contributed by atoms with E-state index in [1.54, 1.807) is 10.7 Å². The van der Waals surface area contributed by atoms with Crippen LogP contribution < -0.4 is 5.32 Å². The minimum atomic E-state index is -1.31. The highest BCUT2D eigenvalue weighted by atomic mass is 19.1. The number of alkyl halides is 1. The van der Waals surface area contributed by atoms with Gasteiger partial charge in [0.05, 0.1) is 17.9 Å². The van der Waals surface area contributed by atoms with E-state index in [2.05, 4.69) is 31.4 Å². The third-order valence-corrected chi connectivity index (χ3v) is 4.32. The van der Waals surface area contributed by atoms with Gasteiger partial charge in [0.1, 0.15) is 5.67 Å². The van der Waals surface area contributed by atoms with E-state index < -0.39 is 5.67 Å². The molecular weight excluding hydrogens is 331 g/mol. The lowest BCUT2D eigenvalue weighted by molar-refractivity contribution is 0.234. The van der Waals surface area contributed by atoms with Crippen LogP contribution in [0, 0.1) is 0 Å². The van der Waals surface area contributed by atoms with Gasteiger partial charge in [-0.1, -0.05) is 6.08 Å². The van der Waals surface area contributed by atoms with E-state index in [4.69, 9.17) is 0 Å². The summed E-state index contributed by atoms with van der Waals surface area (Å²) in [4.78, 5) is 13.3. The lowest BCUT2D eigenvalue weighted by atomic mass is 10.0. The molecule has 0 aliphatic heterocycles. The summed E-state index contributed by atoms with van der Waals surface area (Å²) in [5.74, 6) is 0.466. The van der Waals surface area contributed by atoms with Gasteiger partial charge in [-0.05, 0) is 45.2 Å². The van der Waals surface area contributed by atoms with Gasteiger partial charge in [-0.2, -0.15) is 5.10 Å². The number of allylic oxidation sites excluding steroid dienone is 1. The lowest BCUT2D eigenvalue weighted by Gasteiger charge is -2.16. The Morgan fingerprint density at radius 1 is 1.27 bits per heavy atom. The highest BCUT2D eigenvalue weighted by Crippen LogP contribution is 2.29. The van der Waals surface area contributed by atoms with Gasteiger partial charge < -0.3 is 5.32 Å². The summed E-state index contributed by atoms with van der Waals surface area (Å²) >= 11 is 0. The zero-order valence-corrected chi connectivity index (χ0v) is 14.9. The van der Waals surface area contributed by atoms with E-state index in [0.717, 1.165) is 47.4 Å². The number of nitrogens with zero attached hydrogens (tertiary/aromatic N) is 5. The summed E-state index contributed by atoms with van der Waals surface area (Å²) in [7, 11) is 0. The molecule has 1 aliphatic carbocycles. The van der Waals surface area contributed by atoms with Gasteiger partial charge in [0.25, 0.3) is 0 Å². The van der Waals surface area contributed by atoms with Crippen molar-refractivity contribution in [3.63, 3.8) is 0 Å². The molecular formula is C19H21FN6. The molecule has 0 spiro atoms. The fourth-order valence-electron chi connectivity index (χ4n) is 3.03. The van der Waals surface area contributed by atoms with Crippen molar-refractivity contribution in [3.05, 3.63) is 53.8 Å². The molecule has 0 saturated heterocycles. The van der Waals surface area contributed by atoms with Crippen molar-refractivity contribution in [3.8, 4) is 0 Å². The first-order valence-corrected chi connectivity index (χ1v) is 8.80. The Bertz CT molecular complexity index is 970. The fraction of sp³-hybridized carbons (Fsp3) is 0.368. The van der Waals surface area contributed by atoms with Gasteiger partial charge in [0.15, 0.2) is 5.65 Å². The number of hydrogen-bond donors (Lipinski definition) is 1. The predicted molar refractivity (Wildman–Crippen MR) is 98.7 cm³/mol. The fourth-order valence-corrected chi connectivity index (χ4v) is 3.03. The van der Waals surface area contributed by atoms with E-state index >= 15 is 0 Å². The largest absolute Gasteiger partial charge is 0.351 e. The highest BCUT2D eigenvalue weighted by Gasteiger charge is 2.19. The summed E-state index contributed by atoms with van der Waals surface area (Å²) in [6.07, 6.45) is 10.4.